The molecule has 0 amide bonds. The minimum absolute atomic E-state index is 0.149. The molecule has 0 bridgehead atoms. The lowest BCUT2D eigenvalue weighted by Gasteiger charge is -2.04. The molecule has 2 rings (SSSR count). The highest BCUT2D eigenvalue weighted by atomic mass is 16.5. The number of nitrogens with two attached hydrogens (primary N) is 1. The molecule has 2 aromatic rings. The van der Waals surface area contributed by atoms with Crippen LogP contribution in [0.15, 0.2) is 28.9 Å². The van der Waals surface area contributed by atoms with Gasteiger partial charge in [0.25, 0.3) is 0 Å². The summed E-state index contributed by atoms with van der Waals surface area (Å²) in [5.41, 5.74) is 7.71. The van der Waals surface area contributed by atoms with Gasteiger partial charge in [-0.25, -0.2) is 0 Å². The van der Waals surface area contributed by atoms with E-state index in [4.69, 9.17) is 10.3 Å². The zero-order chi connectivity index (χ0) is 9.26. The third-order valence-electron chi connectivity index (χ3n) is 2.00. The Morgan fingerprint density at radius 1 is 1.54 bits per heavy atom. The maximum Gasteiger partial charge on any atom is 0.170 e. The topological polar surface area (TPSA) is 52.0 Å². The highest BCUT2D eigenvalue weighted by molar-refractivity contribution is 5.79. The number of fused-ring (bicyclic) bond motifs is 1. The van der Waals surface area contributed by atoms with E-state index in [1.807, 2.05) is 25.1 Å². The quantitative estimate of drug-likeness (QED) is 0.757. The van der Waals surface area contributed by atoms with Crippen LogP contribution in [-0.4, -0.2) is 11.2 Å². The smallest absolute Gasteiger partial charge is 0.170 e. The number of rotatable bonds is 2. The second-order valence-corrected chi connectivity index (χ2v) is 3.34. The van der Waals surface area contributed by atoms with Gasteiger partial charge >= 0.3 is 0 Å². The molecule has 0 fully saturated rings. The Balaban J connectivity index is 2.48. The van der Waals surface area contributed by atoms with Crippen molar-refractivity contribution in [3.8, 4) is 0 Å². The Morgan fingerprint density at radius 2 is 2.38 bits per heavy atom. The molecule has 0 aliphatic heterocycles. The van der Waals surface area contributed by atoms with Crippen molar-refractivity contribution in [1.82, 2.24) is 5.16 Å². The standard InChI is InChI=1S/C10H12N2O/c1-7(11)5-8-3-2-4-9-6-12-13-10(8)9/h2-4,6-7H,5,11H2,1H3. The zero-order valence-corrected chi connectivity index (χ0v) is 7.53. The summed E-state index contributed by atoms with van der Waals surface area (Å²) in [6.45, 7) is 1.98. The van der Waals surface area contributed by atoms with Crippen molar-refractivity contribution in [3.05, 3.63) is 30.0 Å². The minimum Gasteiger partial charge on any atom is -0.356 e. The van der Waals surface area contributed by atoms with Gasteiger partial charge in [0.2, 0.25) is 0 Å². The van der Waals surface area contributed by atoms with Crippen molar-refractivity contribution in [2.24, 2.45) is 5.73 Å². The van der Waals surface area contributed by atoms with Crippen LogP contribution in [-0.2, 0) is 6.42 Å². The average molecular weight is 176 g/mol. The molecule has 1 aromatic carbocycles. The maximum atomic E-state index is 5.72. The molecule has 0 radical (unpaired) electrons. The van der Waals surface area contributed by atoms with E-state index in [0.29, 0.717) is 0 Å². The molecular weight excluding hydrogens is 164 g/mol. The van der Waals surface area contributed by atoms with E-state index in [2.05, 4.69) is 5.16 Å². The third kappa shape index (κ3) is 1.55. The van der Waals surface area contributed by atoms with E-state index in [-0.39, 0.29) is 6.04 Å². The van der Waals surface area contributed by atoms with Crippen LogP contribution in [0.5, 0.6) is 0 Å². The highest BCUT2D eigenvalue weighted by Gasteiger charge is 2.06. The van der Waals surface area contributed by atoms with Gasteiger partial charge in [-0.05, 0) is 25.0 Å². The molecule has 1 heterocycles. The molecule has 3 nitrogen and oxygen atoms in total. The Hall–Kier alpha value is -1.35. The molecule has 0 saturated carbocycles. The van der Waals surface area contributed by atoms with Crippen LogP contribution >= 0.6 is 0 Å². The summed E-state index contributed by atoms with van der Waals surface area (Å²) in [6, 6.07) is 6.15. The first-order chi connectivity index (χ1) is 6.27. The second-order valence-electron chi connectivity index (χ2n) is 3.34. The molecule has 68 valence electrons. The van der Waals surface area contributed by atoms with Gasteiger partial charge in [-0.3, -0.25) is 0 Å². The zero-order valence-electron chi connectivity index (χ0n) is 7.53. The Kier molecular flexibility index (Phi) is 2.02. The van der Waals surface area contributed by atoms with E-state index >= 15 is 0 Å². The largest absolute Gasteiger partial charge is 0.356 e. The lowest BCUT2D eigenvalue weighted by Crippen LogP contribution is -2.17. The lowest BCUT2D eigenvalue weighted by molar-refractivity contribution is 0.453. The molecule has 1 aromatic heterocycles. The molecule has 0 saturated heterocycles. The highest BCUT2D eigenvalue weighted by Crippen LogP contribution is 2.18. The summed E-state index contributed by atoms with van der Waals surface area (Å²) in [7, 11) is 0. The molecule has 0 aliphatic rings. The molecular formula is C10H12N2O. The van der Waals surface area contributed by atoms with Crippen molar-refractivity contribution in [1.29, 1.82) is 0 Å². The number of nitrogens with zero attached hydrogens (tertiary/aromatic N) is 1. The number of benzene rings is 1. The average Bonchev–Trinajstić information content (AvgIpc) is 2.51. The van der Waals surface area contributed by atoms with Gasteiger partial charge in [-0.2, -0.15) is 0 Å². The van der Waals surface area contributed by atoms with Gasteiger partial charge in [-0.1, -0.05) is 17.3 Å². The molecule has 0 spiro atoms. The number of hydrogen-bond acceptors (Lipinski definition) is 3. The summed E-state index contributed by atoms with van der Waals surface area (Å²) in [5, 5.41) is 4.79. The van der Waals surface area contributed by atoms with Crippen LogP contribution in [0.3, 0.4) is 0 Å². The van der Waals surface area contributed by atoms with Crippen LogP contribution in [0, 0.1) is 0 Å². The molecule has 13 heavy (non-hydrogen) atoms. The van der Waals surface area contributed by atoms with E-state index < -0.39 is 0 Å². The van der Waals surface area contributed by atoms with Crippen molar-refractivity contribution >= 4 is 11.0 Å². The van der Waals surface area contributed by atoms with Crippen molar-refractivity contribution in [2.75, 3.05) is 0 Å². The fourth-order valence-corrected chi connectivity index (χ4v) is 1.46. The molecule has 1 atom stereocenters. The summed E-state index contributed by atoms with van der Waals surface area (Å²) in [5.74, 6) is 0. The van der Waals surface area contributed by atoms with E-state index in [1.165, 1.54) is 0 Å². The number of hydrogen-bond donors (Lipinski definition) is 1. The molecule has 1 unspecified atom stereocenters. The van der Waals surface area contributed by atoms with Gasteiger partial charge in [0.1, 0.15) is 0 Å². The van der Waals surface area contributed by atoms with Gasteiger partial charge in [-0.15, -0.1) is 0 Å². The Morgan fingerprint density at radius 3 is 3.15 bits per heavy atom. The molecule has 2 N–H and O–H groups in total. The maximum absolute atomic E-state index is 5.72. The van der Waals surface area contributed by atoms with Crippen LogP contribution in [0.2, 0.25) is 0 Å². The number of aromatic nitrogens is 1. The predicted molar refractivity (Wildman–Crippen MR) is 51.4 cm³/mol. The summed E-state index contributed by atoms with van der Waals surface area (Å²) < 4.78 is 5.14. The van der Waals surface area contributed by atoms with Crippen LogP contribution in [0.1, 0.15) is 12.5 Å². The summed E-state index contributed by atoms with van der Waals surface area (Å²) in [4.78, 5) is 0. The van der Waals surface area contributed by atoms with Crippen molar-refractivity contribution in [3.63, 3.8) is 0 Å². The van der Waals surface area contributed by atoms with E-state index in [0.717, 1.165) is 23.0 Å². The van der Waals surface area contributed by atoms with Gasteiger partial charge in [0, 0.05) is 11.4 Å². The SMILES string of the molecule is CC(N)Cc1cccc2cnoc12. The minimum atomic E-state index is 0.149. The summed E-state index contributed by atoms with van der Waals surface area (Å²) >= 11 is 0. The van der Waals surface area contributed by atoms with E-state index in [1.54, 1.807) is 6.20 Å². The van der Waals surface area contributed by atoms with Gasteiger partial charge < -0.3 is 10.3 Å². The first-order valence-corrected chi connectivity index (χ1v) is 4.35. The van der Waals surface area contributed by atoms with Crippen molar-refractivity contribution in [2.45, 2.75) is 19.4 Å². The van der Waals surface area contributed by atoms with E-state index in [9.17, 15) is 0 Å². The Bertz CT molecular complexity index is 406. The van der Waals surface area contributed by atoms with Crippen LogP contribution in [0.25, 0.3) is 11.0 Å². The first-order valence-electron chi connectivity index (χ1n) is 4.35. The normalized spacial score (nSPS) is 13.4. The fraction of sp³-hybridized carbons (Fsp3) is 0.300. The first kappa shape index (κ1) is 8.26. The third-order valence-corrected chi connectivity index (χ3v) is 2.00. The monoisotopic (exact) mass is 176 g/mol. The van der Waals surface area contributed by atoms with Crippen LogP contribution < -0.4 is 5.73 Å². The van der Waals surface area contributed by atoms with Gasteiger partial charge in [0.05, 0.1) is 6.20 Å². The number of para-hydroxylation sites is 1. The molecule has 3 heteroatoms. The van der Waals surface area contributed by atoms with Crippen LogP contribution in [0.4, 0.5) is 0 Å². The Labute approximate surface area is 76.5 Å². The second kappa shape index (κ2) is 3.18. The van der Waals surface area contributed by atoms with Crippen molar-refractivity contribution < 1.29 is 4.52 Å². The molecule has 0 aliphatic carbocycles. The lowest BCUT2D eigenvalue weighted by atomic mass is 10.1. The van der Waals surface area contributed by atoms with Gasteiger partial charge in [0.15, 0.2) is 5.58 Å². The summed E-state index contributed by atoms with van der Waals surface area (Å²) in [6.07, 6.45) is 2.55. The predicted octanol–water partition coefficient (Wildman–Crippen LogP) is 1.72. The fourth-order valence-electron chi connectivity index (χ4n) is 1.46.